The Hall–Kier alpha value is -2.23. The number of cyclic esters (lactones) is 1. The van der Waals surface area contributed by atoms with Gasteiger partial charge in [0.15, 0.2) is 18.0 Å². The zero-order valence-electron chi connectivity index (χ0n) is 33.0. The van der Waals surface area contributed by atoms with E-state index in [1.807, 2.05) is 58.6 Å². The number of aliphatic hydroxyl groups is 2. The molecule has 0 spiro atoms. The highest BCUT2D eigenvalue weighted by Crippen LogP contribution is 2.40. The molecule has 3 saturated heterocycles. The largest absolute Gasteiger partial charge is 0.509 e. The molecule has 3 heterocycles. The third kappa shape index (κ3) is 10.5. The van der Waals surface area contributed by atoms with Crippen LogP contribution in [-0.4, -0.2) is 139 Å². The molecule has 3 aliphatic heterocycles. The van der Waals surface area contributed by atoms with Crippen LogP contribution >= 0.6 is 0 Å². The van der Waals surface area contributed by atoms with E-state index < -0.39 is 78.1 Å². The minimum absolute atomic E-state index is 0.121. The summed E-state index contributed by atoms with van der Waals surface area (Å²) in [5.41, 5.74) is -2.87. The summed E-state index contributed by atoms with van der Waals surface area (Å²) in [6.45, 7) is 17.4. The summed E-state index contributed by atoms with van der Waals surface area (Å²) in [5.74, 6) is -2.66. The van der Waals surface area contributed by atoms with Gasteiger partial charge in [-0.05, 0) is 87.4 Å². The van der Waals surface area contributed by atoms with Gasteiger partial charge < -0.3 is 48.9 Å². The molecule has 0 aromatic heterocycles. The lowest BCUT2D eigenvalue weighted by atomic mass is 9.77. The van der Waals surface area contributed by atoms with Gasteiger partial charge in [-0.15, -0.1) is 0 Å². The number of nitrogens with one attached hydrogen (secondary N) is 1. The van der Waals surface area contributed by atoms with Crippen LogP contribution in [-0.2, 0) is 33.2 Å². The number of unbranched alkanes of at least 4 members (excludes halogenated alkanes) is 2. The Labute approximate surface area is 305 Å². The van der Waals surface area contributed by atoms with Gasteiger partial charge in [0.2, 0.25) is 0 Å². The maximum absolute atomic E-state index is 14.1. The highest BCUT2D eigenvalue weighted by molar-refractivity contribution is 5.74. The Balaban J connectivity index is 2.11. The van der Waals surface area contributed by atoms with E-state index >= 15 is 0 Å². The number of esters is 1. The van der Waals surface area contributed by atoms with Crippen molar-refractivity contribution in [3.8, 4) is 0 Å². The lowest BCUT2D eigenvalue weighted by Gasteiger charge is -2.47. The van der Waals surface area contributed by atoms with Gasteiger partial charge in [0, 0.05) is 31.1 Å². The average molecular weight is 730 g/mol. The Morgan fingerprint density at radius 2 is 1.75 bits per heavy atom. The SMILES string of the molecule is CCCCCNC(=O)O[C@H]1[C@H](C)[C@@H](O[C@@H]2O[C@H](C)C[C@H](N(C)C)[C@H]2O)[C@@](C)(O)C[C@@H](C)CN(C)[C@H](C)[C@H]2OC(=O)O[C@]2(C)[C@@H](CC)OC(=O)[C@@H]1C. The first-order chi connectivity index (χ1) is 23.8. The molecular formula is C37H67N3O11. The van der Waals surface area contributed by atoms with Crippen LogP contribution < -0.4 is 5.32 Å². The fourth-order valence-electron chi connectivity index (χ4n) is 8.28. The number of likely N-dealkylation sites (N-methyl/N-ethyl adjacent to an activating group) is 2. The van der Waals surface area contributed by atoms with E-state index in [1.54, 1.807) is 27.7 Å². The molecule has 14 heteroatoms. The fraction of sp³-hybridized carbons (Fsp3) is 0.919. The van der Waals surface area contributed by atoms with E-state index in [2.05, 4.69) is 12.2 Å². The number of carbonyl (C=O) groups is 3. The van der Waals surface area contributed by atoms with Gasteiger partial charge in [0.25, 0.3) is 0 Å². The Bertz CT molecular complexity index is 1160. The quantitative estimate of drug-likeness (QED) is 0.177. The first-order valence-corrected chi connectivity index (χ1v) is 18.9. The van der Waals surface area contributed by atoms with Crippen LogP contribution in [0.5, 0.6) is 0 Å². The smallest absolute Gasteiger partial charge is 0.458 e. The van der Waals surface area contributed by atoms with Gasteiger partial charge in [-0.1, -0.05) is 40.5 Å². The minimum Gasteiger partial charge on any atom is -0.458 e. The van der Waals surface area contributed by atoms with Crippen molar-refractivity contribution >= 4 is 18.2 Å². The first-order valence-electron chi connectivity index (χ1n) is 18.9. The monoisotopic (exact) mass is 729 g/mol. The summed E-state index contributed by atoms with van der Waals surface area (Å²) in [6.07, 6.45) is -4.03. The van der Waals surface area contributed by atoms with Crippen molar-refractivity contribution in [3.05, 3.63) is 0 Å². The molecule has 14 atom stereocenters. The summed E-state index contributed by atoms with van der Waals surface area (Å²) in [6, 6.07) is -0.619. The first kappa shape index (κ1) is 43.2. The van der Waals surface area contributed by atoms with Gasteiger partial charge in [-0.25, -0.2) is 9.59 Å². The van der Waals surface area contributed by atoms with Gasteiger partial charge in [-0.2, -0.15) is 0 Å². The number of rotatable bonds is 9. The lowest BCUT2D eigenvalue weighted by molar-refractivity contribution is -0.299. The van der Waals surface area contributed by atoms with E-state index in [0.29, 0.717) is 25.9 Å². The second kappa shape index (κ2) is 18.2. The van der Waals surface area contributed by atoms with Crippen molar-refractivity contribution in [1.29, 1.82) is 0 Å². The maximum Gasteiger partial charge on any atom is 0.509 e. The predicted molar refractivity (Wildman–Crippen MR) is 190 cm³/mol. The van der Waals surface area contributed by atoms with Crippen molar-refractivity contribution < 1.29 is 53.0 Å². The van der Waals surface area contributed by atoms with Crippen molar-refractivity contribution in [2.24, 2.45) is 17.8 Å². The van der Waals surface area contributed by atoms with Crippen molar-refractivity contribution in [2.45, 2.75) is 167 Å². The predicted octanol–water partition coefficient (Wildman–Crippen LogP) is 4.08. The highest BCUT2D eigenvalue weighted by atomic mass is 16.8. The Morgan fingerprint density at radius 1 is 1.08 bits per heavy atom. The summed E-state index contributed by atoms with van der Waals surface area (Å²) in [5, 5.41) is 26.7. The summed E-state index contributed by atoms with van der Waals surface area (Å²) >= 11 is 0. The molecule has 3 fully saturated rings. The molecule has 0 bridgehead atoms. The topological polar surface area (TPSA) is 166 Å². The molecule has 0 saturated carbocycles. The van der Waals surface area contributed by atoms with Crippen LogP contribution in [0.3, 0.4) is 0 Å². The van der Waals surface area contributed by atoms with Crippen LogP contribution in [0.2, 0.25) is 0 Å². The van der Waals surface area contributed by atoms with E-state index in [0.717, 1.165) is 19.3 Å². The standard InChI is InChI=1S/C37H67N3O11/c1-13-15-16-17-38-34(43)48-29-23(5)30(49-33-28(41)26(39(10)11)18-22(4)46-33)36(8,45)19-21(3)20-40(12)25(7)31-37(9,51-35(44)50-31)27(14-2)47-32(42)24(29)6/h21-31,33,41,45H,13-20H2,1-12H3,(H,38,43)/t21-,22-,23+,24-,25-,26+,27-,28-,29+,30-,31-,33+,36+,37-/m1/s1. The zero-order chi connectivity index (χ0) is 38.4. The van der Waals surface area contributed by atoms with Crippen LogP contribution in [0.1, 0.15) is 101 Å². The number of hydrogen-bond acceptors (Lipinski definition) is 13. The molecule has 0 aliphatic carbocycles. The number of aliphatic hydroxyl groups excluding tert-OH is 1. The maximum atomic E-state index is 14.1. The zero-order valence-corrected chi connectivity index (χ0v) is 33.0. The number of nitrogens with zero attached hydrogens (tertiary/aromatic N) is 2. The van der Waals surface area contributed by atoms with Crippen LogP contribution in [0, 0.1) is 17.8 Å². The summed E-state index contributed by atoms with van der Waals surface area (Å²) in [4.78, 5) is 44.0. The number of alkyl carbamates (subject to hydrolysis) is 1. The molecule has 296 valence electrons. The molecular weight excluding hydrogens is 662 g/mol. The Morgan fingerprint density at radius 3 is 2.35 bits per heavy atom. The number of ether oxygens (including phenoxy) is 6. The number of hydrogen-bond donors (Lipinski definition) is 3. The molecule has 0 aromatic rings. The Kier molecular flexibility index (Phi) is 15.4. The highest BCUT2D eigenvalue weighted by Gasteiger charge is 2.58. The van der Waals surface area contributed by atoms with E-state index in [4.69, 9.17) is 28.4 Å². The van der Waals surface area contributed by atoms with Gasteiger partial charge in [0.1, 0.15) is 18.3 Å². The minimum atomic E-state index is -1.56. The molecule has 51 heavy (non-hydrogen) atoms. The molecule has 0 radical (unpaired) electrons. The van der Waals surface area contributed by atoms with Gasteiger partial charge >= 0.3 is 18.2 Å². The summed E-state index contributed by atoms with van der Waals surface area (Å²) < 4.78 is 36.5. The van der Waals surface area contributed by atoms with Crippen molar-refractivity contribution in [2.75, 3.05) is 34.2 Å². The molecule has 1 amide bonds. The van der Waals surface area contributed by atoms with E-state index in [9.17, 15) is 24.6 Å². The molecule has 3 aliphatic rings. The van der Waals surface area contributed by atoms with Crippen molar-refractivity contribution in [3.63, 3.8) is 0 Å². The lowest BCUT2D eigenvalue weighted by Crippen LogP contribution is -2.59. The van der Waals surface area contributed by atoms with E-state index in [1.165, 1.54) is 0 Å². The van der Waals surface area contributed by atoms with Crippen LogP contribution in [0.15, 0.2) is 0 Å². The van der Waals surface area contributed by atoms with Crippen LogP contribution in [0.25, 0.3) is 0 Å². The van der Waals surface area contributed by atoms with Gasteiger partial charge in [-0.3, -0.25) is 9.69 Å². The second-order valence-electron chi connectivity index (χ2n) is 16.0. The molecule has 0 unspecified atom stereocenters. The number of amides is 1. The number of fused-ring (bicyclic) bond motifs is 1. The molecule has 14 nitrogen and oxygen atoms in total. The molecule has 3 rings (SSSR count). The third-order valence-electron chi connectivity index (χ3n) is 11.2. The van der Waals surface area contributed by atoms with E-state index in [-0.39, 0.29) is 30.5 Å². The van der Waals surface area contributed by atoms with Crippen LogP contribution in [0.4, 0.5) is 9.59 Å². The van der Waals surface area contributed by atoms with Gasteiger partial charge in [0.05, 0.1) is 23.7 Å². The van der Waals surface area contributed by atoms with Crippen molar-refractivity contribution in [1.82, 2.24) is 15.1 Å². The molecule has 3 N–H and O–H groups in total. The fourth-order valence-corrected chi connectivity index (χ4v) is 8.28. The summed E-state index contributed by atoms with van der Waals surface area (Å²) in [7, 11) is 5.67. The third-order valence-corrected chi connectivity index (χ3v) is 11.2. The number of carbonyl (C=O) groups excluding carboxylic acids is 3. The second-order valence-corrected chi connectivity index (χ2v) is 16.0. The normalized spacial score (nSPS) is 41.8. The average Bonchev–Trinajstić information content (AvgIpc) is 3.36. The molecule has 0 aromatic carbocycles.